The summed E-state index contributed by atoms with van der Waals surface area (Å²) in [5.41, 5.74) is 6.31. The van der Waals surface area contributed by atoms with Gasteiger partial charge in [0.15, 0.2) is 5.82 Å². The monoisotopic (exact) mass is 417 g/mol. The summed E-state index contributed by atoms with van der Waals surface area (Å²) >= 11 is 0. The van der Waals surface area contributed by atoms with Crippen molar-refractivity contribution in [1.82, 2.24) is 14.2 Å². The molecule has 5 rings (SSSR count). The molecule has 7 heteroatoms. The molecule has 1 amide bonds. The molecule has 4 aromatic rings. The normalized spacial score (nSPS) is 13.2. The van der Waals surface area contributed by atoms with Crippen molar-refractivity contribution < 1.29 is 9.18 Å². The smallest absolute Gasteiger partial charge is 0.221 e. The van der Waals surface area contributed by atoms with Crippen molar-refractivity contribution in [3.8, 4) is 11.1 Å². The van der Waals surface area contributed by atoms with Crippen LogP contribution < -0.4 is 10.6 Å². The number of hydrogen-bond acceptors (Lipinski definition) is 3. The second-order valence-electron chi connectivity index (χ2n) is 7.93. The minimum absolute atomic E-state index is 0.0834. The Kier molecular flexibility index (Phi) is 4.94. The zero-order valence-electron chi connectivity index (χ0n) is 17.4. The van der Waals surface area contributed by atoms with Gasteiger partial charge < -0.3 is 15.2 Å². The summed E-state index contributed by atoms with van der Waals surface area (Å²) in [5, 5.41) is 11.1. The molecule has 0 spiro atoms. The third-order valence-electron chi connectivity index (χ3n) is 5.72. The number of carbonyl (C=O) groups is 1. The number of hydrogen-bond donors (Lipinski definition) is 2. The van der Waals surface area contributed by atoms with E-state index in [1.807, 2.05) is 40.9 Å². The summed E-state index contributed by atoms with van der Waals surface area (Å²) in [6, 6.07) is 14.3. The van der Waals surface area contributed by atoms with E-state index >= 15 is 0 Å². The molecule has 3 heterocycles. The summed E-state index contributed by atoms with van der Waals surface area (Å²) in [5.74, 6) is 0.675. The fourth-order valence-electron chi connectivity index (χ4n) is 4.30. The Bertz CT molecular complexity index is 1240. The molecule has 2 aromatic carbocycles. The summed E-state index contributed by atoms with van der Waals surface area (Å²) in [6.45, 7) is 3.03. The lowest BCUT2D eigenvalue weighted by Gasteiger charge is -2.09. The van der Waals surface area contributed by atoms with Crippen LogP contribution in [0.5, 0.6) is 0 Å². The highest BCUT2D eigenvalue weighted by Crippen LogP contribution is 2.33. The van der Waals surface area contributed by atoms with Gasteiger partial charge in [0, 0.05) is 42.2 Å². The molecule has 6 nitrogen and oxygen atoms in total. The lowest BCUT2D eigenvalue weighted by Crippen LogP contribution is -2.09. The fourth-order valence-corrected chi connectivity index (χ4v) is 4.30. The minimum Gasteiger partial charge on any atom is -0.378 e. The Morgan fingerprint density at radius 2 is 1.81 bits per heavy atom. The third-order valence-corrected chi connectivity index (χ3v) is 5.72. The third kappa shape index (κ3) is 3.79. The SMILES string of the molecule is CC(=O)Nc1ccc(NCc2nn3cc(-c4ccc(F)cc4)c4c3n2CCCC4)cc1. The highest BCUT2D eigenvalue weighted by molar-refractivity contribution is 5.88. The topological polar surface area (TPSA) is 63.4 Å². The van der Waals surface area contributed by atoms with Crippen LogP contribution in [0, 0.1) is 5.82 Å². The van der Waals surface area contributed by atoms with Crippen LogP contribution in [0.2, 0.25) is 0 Å². The number of benzene rings is 2. The summed E-state index contributed by atoms with van der Waals surface area (Å²) < 4.78 is 17.6. The van der Waals surface area contributed by atoms with E-state index in [1.165, 1.54) is 24.6 Å². The van der Waals surface area contributed by atoms with Gasteiger partial charge in [0.05, 0.1) is 6.54 Å². The summed E-state index contributed by atoms with van der Waals surface area (Å²) in [6.07, 6.45) is 5.27. The van der Waals surface area contributed by atoms with Gasteiger partial charge in [-0.15, -0.1) is 0 Å². The molecule has 0 aliphatic carbocycles. The minimum atomic E-state index is -0.223. The van der Waals surface area contributed by atoms with Gasteiger partial charge in [-0.05, 0) is 61.2 Å². The summed E-state index contributed by atoms with van der Waals surface area (Å²) in [7, 11) is 0. The van der Waals surface area contributed by atoms with Crippen LogP contribution in [-0.4, -0.2) is 20.1 Å². The second-order valence-corrected chi connectivity index (χ2v) is 7.93. The first-order valence-corrected chi connectivity index (χ1v) is 10.6. The Labute approximate surface area is 179 Å². The lowest BCUT2D eigenvalue weighted by molar-refractivity contribution is -0.114. The molecule has 0 saturated carbocycles. The van der Waals surface area contributed by atoms with E-state index < -0.39 is 0 Å². The van der Waals surface area contributed by atoms with Gasteiger partial charge in [-0.1, -0.05) is 12.1 Å². The van der Waals surface area contributed by atoms with Gasteiger partial charge in [-0.25, -0.2) is 8.91 Å². The molecular formula is C24H24FN5O. The van der Waals surface area contributed by atoms with Crippen LogP contribution in [-0.2, 0) is 24.3 Å². The highest BCUT2D eigenvalue weighted by Gasteiger charge is 2.22. The van der Waals surface area contributed by atoms with Crippen LogP contribution in [0.1, 0.15) is 31.2 Å². The van der Waals surface area contributed by atoms with E-state index in [2.05, 4.69) is 21.4 Å². The predicted molar refractivity (Wildman–Crippen MR) is 120 cm³/mol. The Hall–Kier alpha value is -3.61. The molecule has 0 bridgehead atoms. The molecule has 0 fully saturated rings. The molecular weight excluding hydrogens is 393 g/mol. The molecule has 0 atom stereocenters. The highest BCUT2D eigenvalue weighted by atomic mass is 19.1. The van der Waals surface area contributed by atoms with E-state index in [1.54, 1.807) is 0 Å². The molecule has 1 aliphatic rings. The van der Waals surface area contributed by atoms with Gasteiger partial charge >= 0.3 is 0 Å². The Balaban J connectivity index is 1.42. The quantitative estimate of drug-likeness (QED) is 0.488. The molecule has 1 aliphatic heterocycles. The molecule has 0 unspecified atom stereocenters. The van der Waals surface area contributed by atoms with Crippen molar-refractivity contribution in [3.63, 3.8) is 0 Å². The summed E-state index contributed by atoms with van der Waals surface area (Å²) in [4.78, 5) is 11.2. The Morgan fingerprint density at radius 1 is 1.06 bits per heavy atom. The van der Waals surface area contributed by atoms with Gasteiger partial charge in [-0.3, -0.25) is 4.79 Å². The zero-order chi connectivity index (χ0) is 21.4. The first kappa shape index (κ1) is 19.4. The van der Waals surface area contributed by atoms with Crippen molar-refractivity contribution in [2.24, 2.45) is 0 Å². The molecule has 2 aromatic heterocycles. The van der Waals surface area contributed by atoms with E-state index in [0.717, 1.165) is 59.8 Å². The first-order valence-electron chi connectivity index (χ1n) is 10.6. The second kappa shape index (κ2) is 7.91. The number of rotatable bonds is 5. The average molecular weight is 417 g/mol. The van der Waals surface area contributed by atoms with Crippen molar-refractivity contribution in [2.45, 2.75) is 39.3 Å². The number of nitrogens with zero attached hydrogens (tertiary/aromatic N) is 3. The maximum atomic E-state index is 13.4. The van der Waals surface area contributed by atoms with Crippen LogP contribution in [0.15, 0.2) is 54.7 Å². The van der Waals surface area contributed by atoms with Crippen molar-refractivity contribution in [3.05, 3.63) is 71.9 Å². The number of aromatic nitrogens is 3. The number of halogens is 1. The van der Waals surface area contributed by atoms with Gasteiger partial charge in [-0.2, -0.15) is 5.10 Å². The number of nitrogens with one attached hydrogen (secondary N) is 2. The first-order chi connectivity index (χ1) is 15.1. The van der Waals surface area contributed by atoms with E-state index in [-0.39, 0.29) is 11.7 Å². The van der Waals surface area contributed by atoms with Crippen molar-refractivity contribution in [2.75, 3.05) is 10.6 Å². The zero-order valence-corrected chi connectivity index (χ0v) is 17.4. The maximum Gasteiger partial charge on any atom is 0.221 e. The van der Waals surface area contributed by atoms with Crippen LogP contribution in [0.3, 0.4) is 0 Å². The van der Waals surface area contributed by atoms with Crippen LogP contribution in [0.4, 0.5) is 15.8 Å². The van der Waals surface area contributed by atoms with Crippen LogP contribution >= 0.6 is 0 Å². The van der Waals surface area contributed by atoms with Crippen LogP contribution in [0.25, 0.3) is 16.8 Å². The van der Waals surface area contributed by atoms with E-state index in [0.29, 0.717) is 6.54 Å². The van der Waals surface area contributed by atoms with Gasteiger partial charge in [0.2, 0.25) is 5.91 Å². The predicted octanol–water partition coefficient (Wildman–Crippen LogP) is 4.85. The van der Waals surface area contributed by atoms with E-state index in [9.17, 15) is 9.18 Å². The number of aryl methyl sites for hydroxylation is 2. The molecule has 0 radical (unpaired) electrons. The molecule has 31 heavy (non-hydrogen) atoms. The van der Waals surface area contributed by atoms with E-state index in [4.69, 9.17) is 5.10 Å². The number of amides is 1. The van der Waals surface area contributed by atoms with Gasteiger partial charge in [0.1, 0.15) is 11.5 Å². The maximum absolute atomic E-state index is 13.4. The fraction of sp³-hybridized carbons (Fsp3) is 0.250. The molecule has 158 valence electrons. The average Bonchev–Trinajstić information content (AvgIpc) is 3.17. The largest absolute Gasteiger partial charge is 0.378 e. The standard InChI is InChI=1S/C24H24FN5O/c1-16(31)27-20-11-9-19(10-12-20)26-14-23-28-30-15-22(17-5-7-18(25)8-6-17)21-4-2-3-13-29(23)24(21)30/h5-12,15,26H,2-4,13-14H2,1H3,(H,27,31). The lowest BCUT2D eigenvalue weighted by atomic mass is 10.0. The van der Waals surface area contributed by atoms with Crippen molar-refractivity contribution >= 4 is 22.9 Å². The van der Waals surface area contributed by atoms with Crippen molar-refractivity contribution in [1.29, 1.82) is 0 Å². The molecule has 2 N–H and O–H groups in total. The Morgan fingerprint density at radius 3 is 2.55 bits per heavy atom. The number of carbonyl (C=O) groups excluding carboxylic acids is 1. The number of anilines is 2. The van der Waals surface area contributed by atoms with Gasteiger partial charge in [0.25, 0.3) is 0 Å². The molecule has 0 saturated heterocycles.